The second-order valence-corrected chi connectivity index (χ2v) is 2.54. The van der Waals surface area contributed by atoms with Crippen molar-refractivity contribution in [2.24, 2.45) is 0 Å². The first-order chi connectivity index (χ1) is 4.79. The van der Waals surface area contributed by atoms with Crippen molar-refractivity contribution < 1.29 is 0 Å². The molecule has 1 aromatic heterocycles. The molecule has 0 saturated heterocycles. The van der Waals surface area contributed by atoms with Crippen LogP contribution in [0.15, 0.2) is 12.5 Å². The summed E-state index contributed by atoms with van der Waals surface area (Å²) in [7, 11) is 4.11. The molecule has 55 valence electrons. The molecule has 0 N–H and O–H groups in total. The van der Waals surface area contributed by atoms with Crippen molar-refractivity contribution in [3.63, 3.8) is 0 Å². The fraction of sp³-hybridized carbons (Fsp3) is 0.571. The van der Waals surface area contributed by atoms with Gasteiger partial charge in [-0.15, -0.1) is 0 Å². The van der Waals surface area contributed by atoms with Crippen LogP contribution in [0, 0.1) is 6.20 Å². The Morgan fingerprint density at radius 1 is 1.60 bits per heavy atom. The number of likely N-dealkylation sites (N-methyl/N-ethyl adjacent to an activating group) is 1. The Morgan fingerprint density at radius 2 is 2.40 bits per heavy atom. The van der Waals surface area contributed by atoms with Gasteiger partial charge in [0.1, 0.15) is 6.20 Å². The third-order valence-electron chi connectivity index (χ3n) is 1.31. The number of imidazole rings is 1. The Labute approximate surface area is 61.3 Å². The number of rotatable bonds is 3. The lowest BCUT2D eigenvalue weighted by Crippen LogP contribution is -2.17. The standard InChI is InChI=1S/C7H12N3/c1-9(2)5-6-10-4-3-8-7-10/h4,7H,5-6H2,1-2H3. The van der Waals surface area contributed by atoms with E-state index in [0.717, 1.165) is 13.1 Å². The average Bonchev–Trinajstić information content (AvgIpc) is 2.34. The minimum atomic E-state index is 0.990. The maximum Gasteiger partial charge on any atom is 0.108 e. The molecule has 1 rings (SSSR count). The van der Waals surface area contributed by atoms with Crippen molar-refractivity contribution >= 4 is 0 Å². The number of hydrogen-bond donors (Lipinski definition) is 0. The molecule has 3 nitrogen and oxygen atoms in total. The lowest BCUT2D eigenvalue weighted by atomic mass is 10.6. The molecule has 0 spiro atoms. The minimum Gasteiger partial charge on any atom is -0.335 e. The summed E-state index contributed by atoms with van der Waals surface area (Å²) < 4.78 is 2.01. The van der Waals surface area contributed by atoms with E-state index in [0.29, 0.717) is 0 Å². The van der Waals surface area contributed by atoms with E-state index in [2.05, 4.69) is 30.2 Å². The van der Waals surface area contributed by atoms with Crippen molar-refractivity contribution in [3.05, 3.63) is 18.7 Å². The summed E-state index contributed by atoms with van der Waals surface area (Å²) in [6, 6.07) is 0. The molecule has 1 aromatic rings. The molecule has 0 aromatic carbocycles. The van der Waals surface area contributed by atoms with E-state index in [4.69, 9.17) is 0 Å². The maximum absolute atomic E-state index is 3.82. The molecule has 0 atom stereocenters. The van der Waals surface area contributed by atoms with Gasteiger partial charge in [-0.25, -0.2) is 4.98 Å². The molecule has 0 aliphatic carbocycles. The number of aromatic nitrogens is 2. The molecule has 0 fully saturated rings. The minimum absolute atomic E-state index is 0.990. The van der Waals surface area contributed by atoms with E-state index >= 15 is 0 Å². The van der Waals surface area contributed by atoms with Crippen LogP contribution in [0.25, 0.3) is 0 Å². The zero-order chi connectivity index (χ0) is 7.40. The van der Waals surface area contributed by atoms with Gasteiger partial charge in [0, 0.05) is 19.3 Å². The van der Waals surface area contributed by atoms with E-state index in [9.17, 15) is 0 Å². The highest BCUT2D eigenvalue weighted by Gasteiger charge is 1.90. The molecule has 10 heavy (non-hydrogen) atoms. The zero-order valence-electron chi connectivity index (χ0n) is 6.41. The molecule has 0 amide bonds. The summed E-state index contributed by atoms with van der Waals surface area (Å²) in [5.41, 5.74) is 0. The molecular weight excluding hydrogens is 126 g/mol. The smallest absolute Gasteiger partial charge is 0.108 e. The second kappa shape index (κ2) is 3.37. The van der Waals surface area contributed by atoms with Crippen molar-refractivity contribution in [2.45, 2.75) is 6.54 Å². The van der Waals surface area contributed by atoms with E-state index in [1.807, 2.05) is 10.8 Å². The fourth-order valence-corrected chi connectivity index (χ4v) is 0.686. The van der Waals surface area contributed by atoms with Crippen LogP contribution in [0.2, 0.25) is 0 Å². The van der Waals surface area contributed by atoms with Crippen LogP contribution in [0.5, 0.6) is 0 Å². The van der Waals surface area contributed by atoms with Crippen LogP contribution < -0.4 is 0 Å². The molecule has 0 saturated carbocycles. The predicted octanol–water partition coefficient (Wildman–Crippen LogP) is 0.245. The molecule has 0 aliphatic heterocycles. The lowest BCUT2D eigenvalue weighted by molar-refractivity contribution is 0.384. The monoisotopic (exact) mass is 138 g/mol. The van der Waals surface area contributed by atoms with Gasteiger partial charge >= 0.3 is 0 Å². The number of hydrogen-bond acceptors (Lipinski definition) is 2. The average molecular weight is 138 g/mol. The first-order valence-electron chi connectivity index (χ1n) is 3.31. The molecule has 1 heterocycles. The lowest BCUT2D eigenvalue weighted by Gasteiger charge is -2.08. The largest absolute Gasteiger partial charge is 0.335 e. The van der Waals surface area contributed by atoms with Gasteiger partial charge in [0.05, 0.1) is 6.33 Å². The van der Waals surface area contributed by atoms with Crippen molar-refractivity contribution in [1.29, 1.82) is 0 Å². The first-order valence-corrected chi connectivity index (χ1v) is 3.31. The second-order valence-electron chi connectivity index (χ2n) is 2.54. The Morgan fingerprint density at radius 3 is 2.90 bits per heavy atom. The van der Waals surface area contributed by atoms with Crippen molar-refractivity contribution in [1.82, 2.24) is 14.5 Å². The van der Waals surface area contributed by atoms with Crippen molar-refractivity contribution in [3.8, 4) is 0 Å². The van der Waals surface area contributed by atoms with Gasteiger partial charge in [0.2, 0.25) is 0 Å². The van der Waals surface area contributed by atoms with Crippen LogP contribution in [0.4, 0.5) is 0 Å². The Bertz CT molecular complexity index is 167. The zero-order valence-corrected chi connectivity index (χ0v) is 6.41. The van der Waals surface area contributed by atoms with Gasteiger partial charge in [0.25, 0.3) is 0 Å². The highest BCUT2D eigenvalue weighted by Crippen LogP contribution is 1.85. The SMILES string of the molecule is CN(C)CCn1c[c]nc1. The molecule has 0 bridgehead atoms. The van der Waals surface area contributed by atoms with Crippen LogP contribution in [0.1, 0.15) is 0 Å². The van der Waals surface area contributed by atoms with Gasteiger partial charge in [0.15, 0.2) is 0 Å². The first kappa shape index (κ1) is 7.28. The molecule has 1 radical (unpaired) electrons. The topological polar surface area (TPSA) is 21.1 Å². The van der Waals surface area contributed by atoms with Crippen LogP contribution in [0.3, 0.4) is 0 Å². The summed E-state index contributed by atoms with van der Waals surface area (Å²) in [6.07, 6.45) is 6.38. The summed E-state index contributed by atoms with van der Waals surface area (Å²) in [6.45, 7) is 2.04. The molecule has 0 aliphatic rings. The van der Waals surface area contributed by atoms with Gasteiger partial charge in [-0.3, -0.25) is 0 Å². The normalized spacial score (nSPS) is 10.7. The Balaban J connectivity index is 2.28. The third kappa shape index (κ3) is 2.19. The van der Waals surface area contributed by atoms with Crippen molar-refractivity contribution in [2.75, 3.05) is 20.6 Å². The van der Waals surface area contributed by atoms with Gasteiger partial charge in [-0.1, -0.05) is 0 Å². The van der Waals surface area contributed by atoms with Gasteiger partial charge < -0.3 is 9.47 Å². The van der Waals surface area contributed by atoms with E-state index < -0.39 is 0 Å². The molecular formula is C7H12N3. The Hall–Kier alpha value is -0.830. The maximum atomic E-state index is 3.82. The summed E-state index contributed by atoms with van der Waals surface area (Å²) >= 11 is 0. The van der Waals surface area contributed by atoms with Crippen LogP contribution in [-0.4, -0.2) is 35.1 Å². The van der Waals surface area contributed by atoms with Crippen LogP contribution >= 0.6 is 0 Å². The Kier molecular flexibility index (Phi) is 2.45. The van der Waals surface area contributed by atoms with Crippen LogP contribution in [-0.2, 0) is 6.54 Å². The molecule has 3 heteroatoms. The summed E-state index contributed by atoms with van der Waals surface area (Å²) in [5.74, 6) is 0. The fourth-order valence-electron chi connectivity index (χ4n) is 0.686. The van der Waals surface area contributed by atoms with E-state index in [1.165, 1.54) is 0 Å². The summed E-state index contributed by atoms with van der Waals surface area (Å²) in [5, 5.41) is 0. The van der Waals surface area contributed by atoms with Gasteiger partial charge in [-0.05, 0) is 14.1 Å². The van der Waals surface area contributed by atoms with E-state index in [-0.39, 0.29) is 0 Å². The molecule has 0 unspecified atom stereocenters. The number of nitrogens with zero attached hydrogens (tertiary/aromatic N) is 3. The highest BCUT2D eigenvalue weighted by atomic mass is 15.1. The van der Waals surface area contributed by atoms with E-state index in [1.54, 1.807) is 6.33 Å². The quantitative estimate of drug-likeness (QED) is 0.596. The predicted molar refractivity (Wildman–Crippen MR) is 39.6 cm³/mol. The van der Waals surface area contributed by atoms with Gasteiger partial charge in [-0.2, -0.15) is 0 Å². The summed E-state index contributed by atoms with van der Waals surface area (Å²) in [4.78, 5) is 5.96. The third-order valence-corrected chi connectivity index (χ3v) is 1.31. The highest BCUT2D eigenvalue weighted by molar-refractivity contribution is 4.71.